The molecule has 1 saturated carbocycles. The van der Waals surface area contributed by atoms with Gasteiger partial charge in [-0.3, -0.25) is 0 Å². The van der Waals surface area contributed by atoms with Crippen LogP contribution in [0.15, 0.2) is 36.4 Å². The van der Waals surface area contributed by atoms with Crippen molar-refractivity contribution in [1.82, 2.24) is 0 Å². The summed E-state index contributed by atoms with van der Waals surface area (Å²) in [6.07, 6.45) is 1.51. The molecule has 1 aliphatic heterocycles. The molecular weight excluding hydrogens is 544 g/mol. The Balaban J connectivity index is 1.38. The van der Waals surface area contributed by atoms with E-state index in [1.807, 2.05) is 0 Å². The van der Waals surface area contributed by atoms with Gasteiger partial charge in [0, 0.05) is 17.7 Å². The third-order valence-corrected chi connectivity index (χ3v) is 8.07. The summed E-state index contributed by atoms with van der Waals surface area (Å²) >= 11 is 0. The van der Waals surface area contributed by atoms with Crippen molar-refractivity contribution in [2.45, 2.75) is 51.6 Å². The molecule has 5 rings (SSSR count). The highest BCUT2D eigenvalue weighted by molar-refractivity contribution is 5.68. The maximum Gasteiger partial charge on any atom is 0.432 e. The molecule has 0 bridgehead atoms. The Morgan fingerprint density at radius 2 is 1.40 bits per heavy atom. The van der Waals surface area contributed by atoms with Crippen LogP contribution in [0.3, 0.4) is 0 Å². The lowest BCUT2D eigenvalue weighted by Crippen LogP contribution is -2.30. The van der Waals surface area contributed by atoms with E-state index in [1.54, 1.807) is 0 Å². The van der Waals surface area contributed by atoms with Gasteiger partial charge in [-0.1, -0.05) is 26.2 Å². The van der Waals surface area contributed by atoms with E-state index in [0.717, 1.165) is 38.0 Å². The van der Waals surface area contributed by atoms with Gasteiger partial charge in [-0.25, -0.2) is 26.3 Å². The van der Waals surface area contributed by atoms with Crippen molar-refractivity contribution in [2.75, 3.05) is 6.61 Å². The number of halogens is 8. The molecule has 0 radical (unpaired) electrons. The molecule has 0 saturated heterocycles. The first-order chi connectivity index (χ1) is 19.0. The summed E-state index contributed by atoms with van der Waals surface area (Å²) in [6.45, 7) is 2.61. The zero-order chi connectivity index (χ0) is 28.8. The van der Waals surface area contributed by atoms with Gasteiger partial charge in [-0.15, -0.1) is 0 Å². The molecule has 0 spiro atoms. The standard InChI is InChI=1S/C30H26F8O2/c1-2-15-3-5-16(6-4-15)19-7-18-10-22(31)21(13-27(18)39-14-19)17-8-23(32)28(24(33)9-17)30(37,38)40-20-11-25(34)29(36)26(35)12-20/h8-13,15-16,19H,2-7,14H2,1H3. The largest absolute Gasteiger partial charge is 0.493 e. The molecule has 1 aliphatic carbocycles. The van der Waals surface area contributed by atoms with Crippen LogP contribution in [0.4, 0.5) is 35.1 Å². The minimum atomic E-state index is -4.74. The zero-order valence-electron chi connectivity index (χ0n) is 21.5. The summed E-state index contributed by atoms with van der Waals surface area (Å²) < 4.78 is 124. The Bertz CT molecular complexity index is 1370. The van der Waals surface area contributed by atoms with Crippen LogP contribution in [0.5, 0.6) is 11.5 Å². The molecule has 214 valence electrons. The van der Waals surface area contributed by atoms with Crippen LogP contribution >= 0.6 is 0 Å². The van der Waals surface area contributed by atoms with Crippen molar-refractivity contribution in [2.24, 2.45) is 17.8 Å². The van der Waals surface area contributed by atoms with Gasteiger partial charge in [0.1, 0.15) is 34.5 Å². The van der Waals surface area contributed by atoms with E-state index in [9.17, 15) is 30.7 Å². The van der Waals surface area contributed by atoms with Gasteiger partial charge in [-0.2, -0.15) is 8.78 Å². The molecule has 2 nitrogen and oxygen atoms in total. The smallest absolute Gasteiger partial charge is 0.432 e. The van der Waals surface area contributed by atoms with E-state index >= 15 is 4.39 Å². The molecule has 0 N–H and O–H groups in total. The zero-order valence-corrected chi connectivity index (χ0v) is 21.5. The highest BCUT2D eigenvalue weighted by Crippen LogP contribution is 2.42. The van der Waals surface area contributed by atoms with Crippen molar-refractivity contribution in [3.63, 3.8) is 0 Å². The maximum atomic E-state index is 15.1. The lowest BCUT2D eigenvalue weighted by atomic mass is 9.73. The molecule has 2 aliphatic rings. The summed E-state index contributed by atoms with van der Waals surface area (Å²) in [5, 5.41) is 0. The van der Waals surface area contributed by atoms with Crippen LogP contribution in [0, 0.1) is 52.7 Å². The van der Waals surface area contributed by atoms with Crippen LogP contribution in [0.1, 0.15) is 50.2 Å². The molecule has 1 heterocycles. The van der Waals surface area contributed by atoms with Gasteiger partial charge in [0.25, 0.3) is 0 Å². The van der Waals surface area contributed by atoms with Crippen molar-refractivity contribution < 1.29 is 44.6 Å². The molecule has 1 unspecified atom stereocenters. The normalized spacial score (nSPS) is 21.1. The fourth-order valence-corrected chi connectivity index (χ4v) is 5.82. The minimum Gasteiger partial charge on any atom is -0.493 e. The number of hydrogen-bond donors (Lipinski definition) is 0. The fraction of sp³-hybridized carbons (Fsp3) is 0.400. The first-order valence-corrected chi connectivity index (χ1v) is 13.1. The SMILES string of the molecule is CCC1CCC(C2COc3cc(-c4cc(F)c(C(F)(F)Oc5cc(F)c(F)c(F)c5)c(F)c4)c(F)cc3C2)CC1. The predicted octanol–water partition coefficient (Wildman–Crippen LogP) is 9.08. The molecular formula is C30H26F8O2. The lowest BCUT2D eigenvalue weighted by molar-refractivity contribution is -0.189. The average molecular weight is 571 g/mol. The lowest BCUT2D eigenvalue weighted by Gasteiger charge is -2.36. The van der Waals surface area contributed by atoms with Crippen LogP contribution in [-0.4, -0.2) is 6.61 Å². The maximum absolute atomic E-state index is 15.1. The molecule has 40 heavy (non-hydrogen) atoms. The fourth-order valence-electron chi connectivity index (χ4n) is 5.82. The van der Waals surface area contributed by atoms with Crippen LogP contribution in [0.25, 0.3) is 11.1 Å². The molecule has 0 amide bonds. The van der Waals surface area contributed by atoms with Crippen molar-refractivity contribution >= 4 is 0 Å². The molecule has 3 aromatic carbocycles. The third-order valence-electron chi connectivity index (χ3n) is 8.07. The monoisotopic (exact) mass is 570 g/mol. The summed E-state index contributed by atoms with van der Waals surface area (Å²) in [6, 6.07) is 3.77. The van der Waals surface area contributed by atoms with Gasteiger partial charge >= 0.3 is 6.11 Å². The summed E-state index contributed by atoms with van der Waals surface area (Å²) in [5.74, 6) is -9.37. The summed E-state index contributed by atoms with van der Waals surface area (Å²) in [7, 11) is 0. The summed E-state index contributed by atoms with van der Waals surface area (Å²) in [5.41, 5.74) is -1.85. The quantitative estimate of drug-likeness (QED) is 0.217. The minimum absolute atomic E-state index is 0.111. The predicted molar refractivity (Wildman–Crippen MR) is 131 cm³/mol. The Morgan fingerprint density at radius 3 is 2.00 bits per heavy atom. The third kappa shape index (κ3) is 5.49. The second-order valence-corrected chi connectivity index (χ2v) is 10.5. The van der Waals surface area contributed by atoms with E-state index in [2.05, 4.69) is 11.7 Å². The van der Waals surface area contributed by atoms with E-state index in [0.29, 0.717) is 42.4 Å². The van der Waals surface area contributed by atoms with E-state index in [1.165, 1.54) is 12.1 Å². The Hall–Kier alpha value is -3.30. The number of benzene rings is 3. The van der Waals surface area contributed by atoms with Crippen molar-refractivity contribution in [3.05, 3.63) is 82.4 Å². The van der Waals surface area contributed by atoms with Crippen LogP contribution < -0.4 is 9.47 Å². The first kappa shape index (κ1) is 28.2. The van der Waals surface area contributed by atoms with E-state index in [4.69, 9.17) is 4.74 Å². The Labute approximate surface area is 225 Å². The van der Waals surface area contributed by atoms with Gasteiger partial charge < -0.3 is 9.47 Å². The highest BCUT2D eigenvalue weighted by Gasteiger charge is 2.42. The van der Waals surface area contributed by atoms with Gasteiger partial charge in [0.05, 0.1) is 6.61 Å². The van der Waals surface area contributed by atoms with Gasteiger partial charge in [0.15, 0.2) is 17.5 Å². The number of ether oxygens (including phenoxy) is 2. The second kappa shape index (κ2) is 10.9. The Morgan fingerprint density at radius 1 is 0.775 bits per heavy atom. The number of fused-ring (bicyclic) bond motifs is 1. The van der Waals surface area contributed by atoms with Gasteiger partial charge in [0.2, 0.25) is 0 Å². The van der Waals surface area contributed by atoms with Crippen molar-refractivity contribution in [3.8, 4) is 22.6 Å². The average Bonchev–Trinajstić information content (AvgIpc) is 2.90. The Kier molecular flexibility index (Phi) is 7.72. The topological polar surface area (TPSA) is 18.5 Å². The van der Waals surface area contributed by atoms with Crippen LogP contribution in [-0.2, 0) is 12.5 Å². The molecule has 0 aromatic heterocycles. The number of alkyl halides is 2. The van der Waals surface area contributed by atoms with Gasteiger partial charge in [-0.05, 0) is 72.4 Å². The highest BCUT2D eigenvalue weighted by atomic mass is 19.3. The summed E-state index contributed by atoms with van der Waals surface area (Å²) in [4.78, 5) is 0. The molecule has 1 fully saturated rings. The number of rotatable bonds is 6. The number of hydrogen-bond acceptors (Lipinski definition) is 2. The van der Waals surface area contributed by atoms with E-state index in [-0.39, 0.29) is 29.2 Å². The van der Waals surface area contributed by atoms with E-state index < -0.39 is 52.3 Å². The van der Waals surface area contributed by atoms with Crippen molar-refractivity contribution in [1.29, 1.82) is 0 Å². The molecule has 1 atom stereocenters. The molecule has 10 heteroatoms. The molecule has 3 aromatic rings. The van der Waals surface area contributed by atoms with Crippen LogP contribution in [0.2, 0.25) is 0 Å². The second-order valence-electron chi connectivity index (χ2n) is 10.5. The first-order valence-electron chi connectivity index (χ1n) is 13.1.